The van der Waals surface area contributed by atoms with Gasteiger partial charge in [-0.15, -0.1) is 0 Å². The van der Waals surface area contributed by atoms with Crippen LogP contribution >= 0.6 is 11.3 Å². The van der Waals surface area contributed by atoms with Gasteiger partial charge in [0.1, 0.15) is 4.88 Å². The fraction of sp³-hybridized carbons (Fsp3) is 0.636. The van der Waals surface area contributed by atoms with Gasteiger partial charge in [0.25, 0.3) is 5.91 Å². The Hall–Kier alpha value is -1.10. The Bertz CT molecular complexity index is 383. The van der Waals surface area contributed by atoms with E-state index < -0.39 is 0 Å². The first-order valence-corrected chi connectivity index (χ1v) is 6.52. The van der Waals surface area contributed by atoms with Gasteiger partial charge in [-0.05, 0) is 19.8 Å². The van der Waals surface area contributed by atoms with E-state index in [4.69, 9.17) is 5.73 Å². The van der Waals surface area contributed by atoms with Crippen LogP contribution in [0.5, 0.6) is 0 Å². The number of nitrogen functional groups attached to an aromatic ring is 1. The van der Waals surface area contributed by atoms with Crippen molar-refractivity contribution in [2.24, 2.45) is 0 Å². The van der Waals surface area contributed by atoms with Crippen LogP contribution in [-0.2, 0) is 0 Å². The van der Waals surface area contributed by atoms with Gasteiger partial charge in [0.2, 0.25) is 0 Å². The summed E-state index contributed by atoms with van der Waals surface area (Å²) < 4.78 is 0. The van der Waals surface area contributed by atoms with Gasteiger partial charge in [-0.1, -0.05) is 30.6 Å². The van der Waals surface area contributed by atoms with E-state index >= 15 is 0 Å². The summed E-state index contributed by atoms with van der Waals surface area (Å²) in [5, 5.41) is 3.53. The number of anilines is 1. The van der Waals surface area contributed by atoms with Crippen molar-refractivity contribution in [1.29, 1.82) is 0 Å². The molecular formula is C11H17N3OS. The zero-order chi connectivity index (χ0) is 11.5. The highest BCUT2D eigenvalue weighted by molar-refractivity contribution is 7.17. The maximum absolute atomic E-state index is 12.0. The van der Waals surface area contributed by atoms with E-state index in [1.165, 1.54) is 30.6 Å². The van der Waals surface area contributed by atoms with Crippen LogP contribution in [0, 0.1) is 6.92 Å². The van der Waals surface area contributed by atoms with E-state index in [0.29, 0.717) is 16.1 Å². The van der Waals surface area contributed by atoms with E-state index in [-0.39, 0.29) is 5.91 Å². The Morgan fingerprint density at radius 1 is 1.44 bits per heavy atom. The number of carbonyl (C=O) groups excluding carboxylic acids is 1. The van der Waals surface area contributed by atoms with Crippen molar-refractivity contribution in [2.75, 3.05) is 5.73 Å². The number of carbonyl (C=O) groups is 1. The number of nitrogens with zero attached hydrogens (tertiary/aromatic N) is 1. The molecule has 1 aromatic rings. The Morgan fingerprint density at radius 2 is 2.12 bits per heavy atom. The lowest BCUT2D eigenvalue weighted by Gasteiger charge is -2.22. The van der Waals surface area contributed by atoms with Gasteiger partial charge in [-0.3, -0.25) is 4.79 Å². The molecule has 0 unspecified atom stereocenters. The maximum atomic E-state index is 12.0. The first kappa shape index (κ1) is 11.4. The van der Waals surface area contributed by atoms with Crippen molar-refractivity contribution in [3.05, 3.63) is 10.6 Å². The second-order valence-electron chi connectivity index (χ2n) is 4.28. The highest BCUT2D eigenvalue weighted by atomic mass is 32.1. The molecule has 16 heavy (non-hydrogen) atoms. The average Bonchev–Trinajstić information content (AvgIpc) is 2.59. The third-order valence-electron chi connectivity index (χ3n) is 2.96. The van der Waals surface area contributed by atoms with Gasteiger partial charge in [0, 0.05) is 6.04 Å². The Kier molecular flexibility index (Phi) is 3.43. The summed E-state index contributed by atoms with van der Waals surface area (Å²) in [5.41, 5.74) is 6.31. The number of rotatable bonds is 2. The molecule has 0 atom stereocenters. The number of aryl methyl sites for hydroxylation is 1. The van der Waals surface area contributed by atoms with Crippen LogP contribution in [0.2, 0.25) is 0 Å². The first-order chi connectivity index (χ1) is 7.66. The molecule has 3 N–H and O–H groups in total. The van der Waals surface area contributed by atoms with Gasteiger partial charge in [-0.25, -0.2) is 4.98 Å². The Labute approximate surface area is 99.3 Å². The molecule has 5 heteroatoms. The minimum absolute atomic E-state index is 0.0152. The van der Waals surface area contributed by atoms with E-state index in [0.717, 1.165) is 18.5 Å². The van der Waals surface area contributed by atoms with Gasteiger partial charge in [0.15, 0.2) is 5.13 Å². The lowest BCUT2D eigenvalue weighted by atomic mass is 9.95. The predicted molar refractivity (Wildman–Crippen MR) is 65.6 cm³/mol. The number of hydrogen-bond donors (Lipinski definition) is 2. The van der Waals surface area contributed by atoms with Crippen LogP contribution in [-0.4, -0.2) is 16.9 Å². The summed E-state index contributed by atoms with van der Waals surface area (Å²) in [6.07, 6.45) is 5.92. The lowest BCUT2D eigenvalue weighted by molar-refractivity contribution is 0.0931. The summed E-state index contributed by atoms with van der Waals surface area (Å²) in [5.74, 6) is -0.0152. The molecule has 0 aliphatic heterocycles. The summed E-state index contributed by atoms with van der Waals surface area (Å²) in [6, 6.07) is 0.337. The van der Waals surface area contributed by atoms with Crippen LogP contribution in [0.25, 0.3) is 0 Å². The van der Waals surface area contributed by atoms with Crippen molar-refractivity contribution >= 4 is 22.4 Å². The molecule has 0 aromatic carbocycles. The van der Waals surface area contributed by atoms with Crippen molar-refractivity contribution in [2.45, 2.75) is 45.1 Å². The van der Waals surface area contributed by atoms with E-state index in [9.17, 15) is 4.79 Å². The van der Waals surface area contributed by atoms with Crippen molar-refractivity contribution in [3.63, 3.8) is 0 Å². The van der Waals surface area contributed by atoms with Crippen molar-refractivity contribution in [1.82, 2.24) is 10.3 Å². The van der Waals surface area contributed by atoms with Crippen LogP contribution in [0.1, 0.15) is 47.5 Å². The van der Waals surface area contributed by atoms with Gasteiger partial charge in [0.05, 0.1) is 5.69 Å². The van der Waals surface area contributed by atoms with Gasteiger partial charge in [-0.2, -0.15) is 0 Å². The average molecular weight is 239 g/mol. The summed E-state index contributed by atoms with van der Waals surface area (Å²) in [7, 11) is 0. The number of hydrogen-bond acceptors (Lipinski definition) is 4. The first-order valence-electron chi connectivity index (χ1n) is 5.70. The highest BCUT2D eigenvalue weighted by Crippen LogP contribution is 2.22. The number of nitrogens with one attached hydrogen (secondary N) is 1. The van der Waals surface area contributed by atoms with E-state index in [1.807, 2.05) is 6.92 Å². The van der Waals surface area contributed by atoms with Crippen molar-refractivity contribution in [3.8, 4) is 0 Å². The molecular weight excluding hydrogens is 222 g/mol. The quantitative estimate of drug-likeness (QED) is 0.830. The molecule has 0 saturated heterocycles. The van der Waals surface area contributed by atoms with Crippen LogP contribution < -0.4 is 11.1 Å². The Morgan fingerprint density at radius 3 is 2.69 bits per heavy atom. The molecule has 1 aromatic heterocycles. The largest absolute Gasteiger partial charge is 0.375 e. The minimum atomic E-state index is -0.0152. The molecule has 1 fully saturated rings. The summed E-state index contributed by atoms with van der Waals surface area (Å²) in [4.78, 5) is 16.7. The third-order valence-corrected chi connectivity index (χ3v) is 3.95. The van der Waals surface area contributed by atoms with E-state index in [2.05, 4.69) is 10.3 Å². The predicted octanol–water partition coefficient (Wildman–Crippen LogP) is 2.10. The smallest absolute Gasteiger partial charge is 0.263 e. The standard InChI is InChI=1S/C11H17N3OS/c1-7-9(16-11(12)13-7)10(15)14-8-5-3-2-4-6-8/h8H,2-6H2,1H3,(H2,12,13)(H,14,15). The monoisotopic (exact) mass is 239 g/mol. The van der Waals surface area contributed by atoms with Crippen LogP contribution in [0.4, 0.5) is 5.13 Å². The zero-order valence-corrected chi connectivity index (χ0v) is 10.3. The molecule has 1 saturated carbocycles. The van der Waals surface area contributed by atoms with E-state index in [1.54, 1.807) is 0 Å². The molecule has 88 valence electrons. The van der Waals surface area contributed by atoms with Crippen molar-refractivity contribution < 1.29 is 4.79 Å². The highest BCUT2D eigenvalue weighted by Gasteiger charge is 2.19. The van der Waals surface area contributed by atoms with Gasteiger partial charge >= 0.3 is 0 Å². The minimum Gasteiger partial charge on any atom is -0.375 e. The van der Waals surface area contributed by atoms with Crippen LogP contribution in [0.15, 0.2) is 0 Å². The Balaban J connectivity index is 1.99. The molecule has 0 bridgehead atoms. The second-order valence-corrected chi connectivity index (χ2v) is 5.31. The summed E-state index contributed by atoms with van der Waals surface area (Å²) >= 11 is 1.27. The SMILES string of the molecule is Cc1nc(N)sc1C(=O)NC1CCCCC1. The molecule has 4 nitrogen and oxygen atoms in total. The molecule has 0 radical (unpaired) electrons. The number of nitrogens with two attached hydrogens (primary N) is 1. The zero-order valence-electron chi connectivity index (χ0n) is 9.45. The number of aromatic nitrogens is 1. The normalized spacial score (nSPS) is 17.3. The fourth-order valence-electron chi connectivity index (χ4n) is 2.13. The molecule has 0 spiro atoms. The molecule has 2 rings (SSSR count). The van der Waals surface area contributed by atoms with Gasteiger partial charge < -0.3 is 11.1 Å². The molecule has 1 amide bonds. The maximum Gasteiger partial charge on any atom is 0.263 e. The summed E-state index contributed by atoms with van der Waals surface area (Å²) in [6.45, 7) is 1.82. The second kappa shape index (κ2) is 4.82. The lowest BCUT2D eigenvalue weighted by Crippen LogP contribution is -2.36. The molecule has 1 aliphatic carbocycles. The topological polar surface area (TPSA) is 68.0 Å². The number of amides is 1. The molecule has 1 aliphatic rings. The third kappa shape index (κ3) is 2.52. The fourth-order valence-corrected chi connectivity index (χ4v) is 2.86. The molecule has 1 heterocycles. The van der Waals surface area contributed by atoms with Crippen LogP contribution in [0.3, 0.4) is 0 Å². The number of thiazole rings is 1.